The number of thioether (sulfide) groups is 1. The second kappa shape index (κ2) is 6.42. The molecular formula is C11H14F3NO2S. The minimum atomic E-state index is -4.46. The zero-order chi connectivity index (χ0) is 13.8. The summed E-state index contributed by atoms with van der Waals surface area (Å²) in [5, 5.41) is 17.8. The fourth-order valence-electron chi connectivity index (χ4n) is 1.29. The average molecular weight is 281 g/mol. The maximum Gasteiger partial charge on any atom is 0.417 e. The summed E-state index contributed by atoms with van der Waals surface area (Å²) in [4.78, 5) is 0.0206. The molecule has 1 rings (SSSR count). The quantitative estimate of drug-likeness (QED) is 0.717. The lowest BCUT2D eigenvalue weighted by molar-refractivity contribution is -0.139. The van der Waals surface area contributed by atoms with Crippen LogP contribution in [0.2, 0.25) is 0 Å². The van der Waals surface area contributed by atoms with Gasteiger partial charge in [0.15, 0.2) is 0 Å². The van der Waals surface area contributed by atoms with Crippen molar-refractivity contribution >= 4 is 11.8 Å². The van der Waals surface area contributed by atoms with Gasteiger partial charge in [-0.2, -0.15) is 13.2 Å². The molecule has 0 aliphatic heterocycles. The molecule has 0 saturated heterocycles. The van der Waals surface area contributed by atoms with Crippen LogP contribution in [-0.4, -0.2) is 28.7 Å². The van der Waals surface area contributed by atoms with E-state index in [9.17, 15) is 13.2 Å². The van der Waals surface area contributed by atoms with Crippen molar-refractivity contribution in [1.82, 2.24) is 0 Å². The predicted octanol–water partition coefficient (Wildman–Crippen LogP) is 1.61. The summed E-state index contributed by atoms with van der Waals surface area (Å²) >= 11 is 0.855. The first-order chi connectivity index (χ1) is 8.38. The Morgan fingerprint density at radius 1 is 1.33 bits per heavy atom. The number of halogens is 3. The SMILES string of the molecule is NCc1ccc(SCC(O)CO)c(C(F)(F)F)c1. The molecule has 0 heterocycles. The molecule has 7 heteroatoms. The monoisotopic (exact) mass is 281 g/mol. The minimum absolute atomic E-state index is 0.00154. The van der Waals surface area contributed by atoms with E-state index in [-0.39, 0.29) is 17.2 Å². The summed E-state index contributed by atoms with van der Waals surface area (Å²) in [5.41, 5.74) is 4.94. The van der Waals surface area contributed by atoms with Gasteiger partial charge in [0.2, 0.25) is 0 Å². The van der Waals surface area contributed by atoms with Crippen LogP contribution in [-0.2, 0) is 12.7 Å². The zero-order valence-electron chi connectivity index (χ0n) is 9.44. The molecule has 0 bridgehead atoms. The number of aliphatic hydroxyl groups is 2. The van der Waals surface area contributed by atoms with Crippen molar-refractivity contribution in [1.29, 1.82) is 0 Å². The summed E-state index contributed by atoms with van der Waals surface area (Å²) in [5.74, 6) is 0.00154. The smallest absolute Gasteiger partial charge is 0.394 e. The van der Waals surface area contributed by atoms with Gasteiger partial charge in [-0.05, 0) is 17.7 Å². The Balaban J connectivity index is 2.96. The number of nitrogens with two attached hydrogens (primary N) is 1. The molecule has 1 atom stereocenters. The summed E-state index contributed by atoms with van der Waals surface area (Å²) in [7, 11) is 0. The van der Waals surface area contributed by atoms with Crippen molar-refractivity contribution in [3.63, 3.8) is 0 Å². The lowest BCUT2D eigenvalue weighted by Crippen LogP contribution is -2.15. The molecule has 102 valence electrons. The van der Waals surface area contributed by atoms with E-state index >= 15 is 0 Å². The normalized spacial score (nSPS) is 13.7. The highest BCUT2D eigenvalue weighted by Crippen LogP contribution is 2.37. The van der Waals surface area contributed by atoms with Gasteiger partial charge in [-0.1, -0.05) is 6.07 Å². The van der Waals surface area contributed by atoms with Crippen LogP contribution in [0.4, 0.5) is 13.2 Å². The van der Waals surface area contributed by atoms with Gasteiger partial charge in [0, 0.05) is 17.2 Å². The van der Waals surface area contributed by atoms with Gasteiger partial charge in [0.05, 0.1) is 18.3 Å². The Kier molecular flexibility index (Phi) is 5.46. The second-order valence-corrected chi connectivity index (χ2v) is 4.74. The van der Waals surface area contributed by atoms with E-state index in [1.54, 1.807) is 0 Å². The van der Waals surface area contributed by atoms with Crippen LogP contribution in [0, 0.1) is 0 Å². The fraction of sp³-hybridized carbons (Fsp3) is 0.455. The van der Waals surface area contributed by atoms with Crippen LogP contribution in [0.1, 0.15) is 11.1 Å². The zero-order valence-corrected chi connectivity index (χ0v) is 10.3. The first kappa shape index (κ1) is 15.3. The number of rotatable bonds is 5. The molecule has 0 fully saturated rings. The van der Waals surface area contributed by atoms with E-state index in [2.05, 4.69) is 0 Å². The van der Waals surface area contributed by atoms with Gasteiger partial charge in [0.25, 0.3) is 0 Å². The Morgan fingerprint density at radius 2 is 2.00 bits per heavy atom. The first-order valence-electron chi connectivity index (χ1n) is 5.20. The third-order valence-electron chi connectivity index (χ3n) is 2.23. The van der Waals surface area contributed by atoms with Crippen LogP contribution >= 0.6 is 11.8 Å². The van der Waals surface area contributed by atoms with E-state index in [1.165, 1.54) is 12.1 Å². The molecule has 1 unspecified atom stereocenters. The van der Waals surface area contributed by atoms with Crippen LogP contribution in [0.3, 0.4) is 0 Å². The Bertz CT molecular complexity index is 398. The summed E-state index contributed by atoms with van der Waals surface area (Å²) in [6.07, 6.45) is -5.50. The van der Waals surface area contributed by atoms with Crippen LogP contribution in [0.5, 0.6) is 0 Å². The lowest BCUT2D eigenvalue weighted by atomic mass is 10.1. The number of hydrogen-bond acceptors (Lipinski definition) is 4. The summed E-state index contributed by atoms with van der Waals surface area (Å²) in [6.45, 7) is -0.442. The summed E-state index contributed by atoms with van der Waals surface area (Å²) in [6, 6.07) is 3.86. The predicted molar refractivity (Wildman–Crippen MR) is 63.2 cm³/mol. The second-order valence-electron chi connectivity index (χ2n) is 3.68. The minimum Gasteiger partial charge on any atom is -0.394 e. The van der Waals surface area contributed by atoms with Crippen LogP contribution in [0.25, 0.3) is 0 Å². The fourth-order valence-corrected chi connectivity index (χ4v) is 2.26. The molecule has 4 N–H and O–H groups in total. The van der Waals surface area contributed by atoms with E-state index in [4.69, 9.17) is 15.9 Å². The highest BCUT2D eigenvalue weighted by Gasteiger charge is 2.33. The molecule has 0 radical (unpaired) electrons. The Labute approximate surface area is 107 Å². The van der Waals surface area contributed by atoms with Crippen molar-refractivity contribution < 1.29 is 23.4 Å². The highest BCUT2D eigenvalue weighted by atomic mass is 32.2. The molecule has 0 saturated carbocycles. The third-order valence-corrected chi connectivity index (χ3v) is 3.45. The topological polar surface area (TPSA) is 66.5 Å². The maximum absolute atomic E-state index is 12.8. The molecule has 0 spiro atoms. The van der Waals surface area contributed by atoms with Gasteiger partial charge in [-0.3, -0.25) is 0 Å². The molecule has 1 aromatic carbocycles. The van der Waals surface area contributed by atoms with Gasteiger partial charge in [0.1, 0.15) is 0 Å². The van der Waals surface area contributed by atoms with Gasteiger partial charge in [-0.25, -0.2) is 0 Å². The van der Waals surface area contributed by atoms with Crippen molar-refractivity contribution in [2.45, 2.75) is 23.7 Å². The van der Waals surface area contributed by atoms with E-state index in [1.807, 2.05) is 0 Å². The number of alkyl halides is 3. The number of aliphatic hydroxyl groups excluding tert-OH is 2. The van der Waals surface area contributed by atoms with Gasteiger partial charge >= 0.3 is 6.18 Å². The molecule has 0 aliphatic carbocycles. The molecule has 18 heavy (non-hydrogen) atoms. The third kappa shape index (κ3) is 4.16. The Hall–Kier alpha value is -0.760. The summed E-state index contributed by atoms with van der Waals surface area (Å²) < 4.78 is 38.4. The first-order valence-corrected chi connectivity index (χ1v) is 6.19. The average Bonchev–Trinajstić information content (AvgIpc) is 2.34. The van der Waals surface area contributed by atoms with Gasteiger partial charge in [-0.15, -0.1) is 11.8 Å². The molecule has 3 nitrogen and oxygen atoms in total. The number of hydrogen-bond donors (Lipinski definition) is 3. The largest absolute Gasteiger partial charge is 0.417 e. The van der Waals surface area contributed by atoms with Crippen molar-refractivity contribution in [2.24, 2.45) is 5.73 Å². The lowest BCUT2D eigenvalue weighted by Gasteiger charge is -2.14. The highest BCUT2D eigenvalue weighted by molar-refractivity contribution is 7.99. The molecule has 1 aromatic rings. The standard InChI is InChI=1S/C11H14F3NO2S/c12-11(13,14)9-3-7(4-15)1-2-10(9)18-6-8(17)5-16/h1-3,8,16-17H,4-6,15H2. The van der Waals surface area contributed by atoms with Crippen molar-refractivity contribution in [2.75, 3.05) is 12.4 Å². The van der Waals surface area contributed by atoms with Crippen molar-refractivity contribution in [3.8, 4) is 0 Å². The molecule has 0 aliphatic rings. The van der Waals surface area contributed by atoms with Gasteiger partial charge < -0.3 is 15.9 Å². The Morgan fingerprint density at radius 3 is 2.50 bits per heavy atom. The molecular weight excluding hydrogens is 267 g/mol. The number of benzene rings is 1. The van der Waals surface area contributed by atoms with E-state index in [0.29, 0.717) is 5.56 Å². The van der Waals surface area contributed by atoms with E-state index in [0.717, 1.165) is 17.8 Å². The molecule has 0 aromatic heterocycles. The van der Waals surface area contributed by atoms with Crippen LogP contribution in [0.15, 0.2) is 23.1 Å². The van der Waals surface area contributed by atoms with E-state index < -0.39 is 24.5 Å². The maximum atomic E-state index is 12.8. The van der Waals surface area contributed by atoms with Crippen molar-refractivity contribution in [3.05, 3.63) is 29.3 Å². The molecule has 0 amide bonds. The van der Waals surface area contributed by atoms with Crippen LogP contribution < -0.4 is 5.73 Å².